The molecule has 41 heavy (non-hydrogen) atoms. The van der Waals surface area contributed by atoms with Crippen LogP contribution in [0.5, 0.6) is 5.75 Å². The number of halogens is 2. The van der Waals surface area contributed by atoms with Gasteiger partial charge in [-0.05, 0) is 43.9 Å². The molecule has 5 heterocycles. The number of nitrogens with zero attached hydrogens (tertiary/aromatic N) is 1. The highest BCUT2D eigenvalue weighted by atomic mass is 19.3. The third-order valence-electron chi connectivity index (χ3n) is 8.81. The maximum absolute atomic E-state index is 15.2. The van der Waals surface area contributed by atoms with E-state index < -0.39 is 60.1 Å². The van der Waals surface area contributed by atoms with Crippen molar-refractivity contribution in [2.75, 3.05) is 20.3 Å². The second kappa shape index (κ2) is 10.5. The van der Waals surface area contributed by atoms with Crippen molar-refractivity contribution in [3.63, 3.8) is 0 Å². The molecular weight excluding hydrogens is 538 g/mol. The molecule has 10 nitrogen and oxygen atoms in total. The van der Waals surface area contributed by atoms with E-state index in [-0.39, 0.29) is 31.0 Å². The number of ether oxygens (including phenoxy) is 2. The van der Waals surface area contributed by atoms with Gasteiger partial charge in [0.1, 0.15) is 17.5 Å². The van der Waals surface area contributed by atoms with Crippen molar-refractivity contribution < 1.29 is 37.4 Å². The molecule has 5 aliphatic rings. The molecule has 2 bridgehead atoms. The van der Waals surface area contributed by atoms with E-state index in [2.05, 4.69) is 15.6 Å². The number of aromatic nitrogens is 1. The second-order valence-corrected chi connectivity index (χ2v) is 11.3. The predicted molar refractivity (Wildman–Crippen MR) is 142 cm³/mol. The summed E-state index contributed by atoms with van der Waals surface area (Å²) in [5.74, 6) is -6.28. The lowest BCUT2D eigenvalue weighted by Gasteiger charge is -2.53. The number of hydrogen-bond acceptors (Lipinski definition) is 6. The maximum Gasteiger partial charge on any atom is 0.333 e. The molecule has 218 valence electrons. The minimum absolute atomic E-state index is 0.100. The zero-order chi connectivity index (χ0) is 28.9. The first-order chi connectivity index (χ1) is 19.7. The van der Waals surface area contributed by atoms with Crippen molar-refractivity contribution in [1.82, 2.24) is 20.5 Å². The molecule has 3 amide bonds. The Labute approximate surface area is 234 Å². The van der Waals surface area contributed by atoms with Crippen LogP contribution >= 0.6 is 0 Å². The first-order valence-electron chi connectivity index (χ1n) is 14.0. The van der Waals surface area contributed by atoms with Crippen LogP contribution in [0.4, 0.5) is 8.78 Å². The summed E-state index contributed by atoms with van der Waals surface area (Å²) in [6.45, 7) is 0.713. The van der Waals surface area contributed by atoms with Gasteiger partial charge in [-0.3, -0.25) is 14.4 Å². The summed E-state index contributed by atoms with van der Waals surface area (Å²) in [6, 6.07) is 3.89. The number of esters is 1. The minimum Gasteiger partial charge on any atom is -0.496 e. The fraction of sp³-hybridized carbons (Fsp3) is 0.517. The summed E-state index contributed by atoms with van der Waals surface area (Å²) >= 11 is 0. The molecule has 2 aromatic rings. The largest absolute Gasteiger partial charge is 0.496 e. The van der Waals surface area contributed by atoms with Crippen molar-refractivity contribution in [1.29, 1.82) is 0 Å². The van der Waals surface area contributed by atoms with Gasteiger partial charge >= 0.3 is 5.97 Å². The molecule has 1 aromatic carbocycles. The molecule has 1 aromatic heterocycles. The van der Waals surface area contributed by atoms with Gasteiger partial charge in [0.15, 0.2) is 0 Å². The molecule has 0 radical (unpaired) electrons. The van der Waals surface area contributed by atoms with Crippen LogP contribution in [0.15, 0.2) is 35.9 Å². The summed E-state index contributed by atoms with van der Waals surface area (Å²) in [4.78, 5) is 56.6. The van der Waals surface area contributed by atoms with Crippen LogP contribution in [0.3, 0.4) is 0 Å². The lowest BCUT2D eigenvalue weighted by atomic mass is 9.71. The van der Waals surface area contributed by atoms with E-state index in [1.165, 1.54) is 12.0 Å². The summed E-state index contributed by atoms with van der Waals surface area (Å²) < 4.78 is 40.9. The van der Waals surface area contributed by atoms with E-state index in [1.54, 1.807) is 30.3 Å². The van der Waals surface area contributed by atoms with Crippen molar-refractivity contribution >= 4 is 34.6 Å². The Kier molecular flexibility index (Phi) is 6.95. The van der Waals surface area contributed by atoms with Crippen LogP contribution in [0, 0.1) is 11.8 Å². The van der Waals surface area contributed by atoms with Crippen LogP contribution in [-0.4, -0.2) is 77.9 Å². The summed E-state index contributed by atoms with van der Waals surface area (Å²) in [7, 11) is 1.52. The Balaban J connectivity index is 1.32. The predicted octanol–water partition coefficient (Wildman–Crippen LogP) is 2.69. The van der Waals surface area contributed by atoms with Gasteiger partial charge in [0.2, 0.25) is 11.8 Å². The highest BCUT2D eigenvalue weighted by Crippen LogP contribution is 2.49. The van der Waals surface area contributed by atoms with Crippen molar-refractivity contribution in [3.8, 4) is 5.75 Å². The zero-order valence-electron chi connectivity index (χ0n) is 22.6. The number of piperidine rings is 2. The van der Waals surface area contributed by atoms with Crippen LogP contribution in [0.25, 0.3) is 10.9 Å². The number of alkyl halides is 2. The van der Waals surface area contributed by atoms with Crippen molar-refractivity contribution in [3.05, 3.63) is 41.6 Å². The average Bonchev–Trinajstić information content (AvgIpc) is 3.67. The van der Waals surface area contributed by atoms with Gasteiger partial charge in [-0.1, -0.05) is 12.1 Å². The Morgan fingerprint density at radius 2 is 2.10 bits per heavy atom. The van der Waals surface area contributed by atoms with Crippen LogP contribution in [-0.2, 0) is 19.1 Å². The molecule has 1 saturated carbocycles. The summed E-state index contributed by atoms with van der Waals surface area (Å²) in [5, 5.41) is 6.25. The number of amides is 3. The molecule has 7 rings (SSSR count). The number of carbonyl (C=O) groups excluding carboxylic acids is 4. The Morgan fingerprint density at radius 1 is 1.27 bits per heavy atom. The van der Waals surface area contributed by atoms with Crippen LogP contribution < -0.4 is 15.4 Å². The number of carbonyl (C=O) groups is 4. The third-order valence-corrected chi connectivity index (χ3v) is 8.81. The number of cyclic esters (lactones) is 1. The van der Waals surface area contributed by atoms with Gasteiger partial charge in [-0.15, -0.1) is 0 Å². The summed E-state index contributed by atoms with van der Waals surface area (Å²) in [6.07, 6.45) is 2.61. The average molecular weight is 571 g/mol. The van der Waals surface area contributed by atoms with Crippen molar-refractivity contribution in [2.24, 2.45) is 11.8 Å². The molecule has 0 spiro atoms. The van der Waals surface area contributed by atoms with Gasteiger partial charge in [0.25, 0.3) is 11.8 Å². The number of nitrogens with one attached hydrogen (secondary N) is 3. The highest BCUT2D eigenvalue weighted by molar-refractivity contribution is 6.02. The van der Waals surface area contributed by atoms with E-state index >= 15 is 8.78 Å². The third kappa shape index (κ3) is 4.93. The van der Waals surface area contributed by atoms with Gasteiger partial charge in [-0.25, -0.2) is 13.6 Å². The monoisotopic (exact) mass is 570 g/mol. The first-order valence-corrected chi connectivity index (χ1v) is 14.0. The molecular formula is C29H32F2N4O6. The van der Waals surface area contributed by atoms with Crippen LogP contribution in [0.1, 0.15) is 49.0 Å². The molecule has 3 N–H and O–H groups in total. The number of benzene rings is 1. The fourth-order valence-electron chi connectivity index (χ4n) is 6.81. The lowest BCUT2D eigenvalue weighted by Crippen LogP contribution is -2.68. The first kappa shape index (κ1) is 27.2. The SMILES string of the molecule is COc1cccc2[nH]c(C(=O)N3[C@@H]4CC[C@H]([C@@H]3C(=O)N[C@H](/C=C3\CCOC3=O)C[C@@H]3CCNC3=O)C(F)(F)C4)cc12. The smallest absolute Gasteiger partial charge is 0.333 e. The fourth-order valence-corrected chi connectivity index (χ4v) is 6.81. The van der Waals surface area contributed by atoms with Gasteiger partial charge in [-0.2, -0.15) is 0 Å². The van der Waals surface area contributed by atoms with E-state index in [0.717, 1.165) is 0 Å². The number of fused-ring (bicyclic) bond motifs is 4. The highest BCUT2D eigenvalue weighted by Gasteiger charge is 2.60. The number of hydrogen-bond donors (Lipinski definition) is 3. The minimum atomic E-state index is -3.13. The van der Waals surface area contributed by atoms with E-state index in [4.69, 9.17) is 9.47 Å². The number of methoxy groups -OCH3 is 1. The number of rotatable bonds is 7. The standard InChI is InChI=1S/C29H32F2N4O6/c1-40-23-4-2-3-21-19(23)13-22(34-21)27(38)35-18-5-6-20(29(30,31)14-18)24(35)26(37)33-17(11-15-7-9-32-25(15)36)12-16-8-10-41-28(16)39/h2-4,12-13,15,17-18,20,24,34H,5-11,14H2,1H3,(H,32,36)(H,33,37)/b16-12+/t15-,17-,18+,20+,24+/m0/s1. The lowest BCUT2D eigenvalue weighted by molar-refractivity contribution is -0.179. The normalized spacial score (nSPS) is 28.6. The Morgan fingerprint density at radius 3 is 2.78 bits per heavy atom. The maximum atomic E-state index is 15.2. The van der Waals surface area contributed by atoms with E-state index in [0.29, 0.717) is 48.0 Å². The Hall–Kier alpha value is -3.96. The van der Waals surface area contributed by atoms with E-state index in [9.17, 15) is 19.2 Å². The molecule has 5 fully saturated rings. The Bertz CT molecular complexity index is 1440. The summed E-state index contributed by atoms with van der Waals surface area (Å²) in [5.41, 5.74) is 1.18. The van der Waals surface area contributed by atoms with Crippen LogP contribution in [0.2, 0.25) is 0 Å². The molecule has 1 aliphatic carbocycles. The second-order valence-electron chi connectivity index (χ2n) is 11.3. The topological polar surface area (TPSA) is 130 Å². The number of H-pyrrole nitrogens is 1. The molecule has 4 aliphatic heterocycles. The van der Waals surface area contributed by atoms with Gasteiger partial charge < -0.3 is 30.0 Å². The number of aromatic amines is 1. The molecule has 4 saturated heterocycles. The van der Waals surface area contributed by atoms with E-state index in [1.807, 2.05) is 0 Å². The molecule has 12 heteroatoms. The quantitative estimate of drug-likeness (QED) is 0.347. The van der Waals surface area contributed by atoms with Gasteiger partial charge in [0.05, 0.1) is 19.6 Å². The van der Waals surface area contributed by atoms with Gasteiger partial charge in [0, 0.05) is 53.9 Å². The van der Waals surface area contributed by atoms with Crippen molar-refractivity contribution in [2.45, 2.75) is 62.6 Å². The zero-order valence-corrected chi connectivity index (χ0v) is 22.6. The molecule has 5 atom stereocenters. The molecule has 0 unspecified atom stereocenters.